The van der Waals surface area contributed by atoms with Gasteiger partial charge in [0.25, 0.3) is 0 Å². The van der Waals surface area contributed by atoms with Gasteiger partial charge in [0.15, 0.2) is 0 Å². The maximum Gasteiger partial charge on any atom is 0.408 e. The Morgan fingerprint density at radius 2 is 1.51 bits per heavy atom. The molecule has 0 fully saturated rings. The summed E-state index contributed by atoms with van der Waals surface area (Å²) in [5.74, 6) is -1.62. The van der Waals surface area contributed by atoms with E-state index < -0.39 is 35.2 Å². The van der Waals surface area contributed by atoms with Crippen LogP contribution in [-0.4, -0.2) is 60.9 Å². The molecule has 2 N–H and O–H groups in total. The molecule has 196 valence electrons. The smallest absolute Gasteiger partial charge is 0.408 e. The highest BCUT2D eigenvalue weighted by Crippen LogP contribution is 2.09. The Morgan fingerprint density at radius 1 is 0.886 bits per heavy atom. The molecule has 1 atom stereocenters. The van der Waals surface area contributed by atoms with Gasteiger partial charge in [-0.2, -0.15) is 0 Å². The number of alkyl carbamates (subject to hydrolysis) is 1. The summed E-state index contributed by atoms with van der Waals surface area (Å²) in [6.07, 6.45) is -1.08. The average Bonchev–Trinajstić information content (AvgIpc) is 2.72. The van der Waals surface area contributed by atoms with E-state index in [1.54, 1.807) is 53.7 Å². The minimum atomic E-state index is -1.23. The highest BCUT2D eigenvalue weighted by molar-refractivity contribution is 5.88. The topological polar surface area (TPSA) is 129 Å². The molecule has 1 aromatic carbocycles. The quantitative estimate of drug-likeness (QED) is 0.258. The lowest BCUT2D eigenvalue weighted by atomic mass is 10.2. The van der Waals surface area contributed by atoms with Gasteiger partial charge in [0, 0.05) is 6.54 Å². The van der Waals surface area contributed by atoms with E-state index in [-0.39, 0.29) is 45.2 Å². The van der Waals surface area contributed by atoms with Crippen LogP contribution >= 0.6 is 0 Å². The highest BCUT2D eigenvalue weighted by atomic mass is 16.6. The first-order chi connectivity index (χ1) is 16.2. The van der Waals surface area contributed by atoms with Crippen molar-refractivity contribution in [2.45, 2.75) is 78.2 Å². The summed E-state index contributed by atoms with van der Waals surface area (Å²) in [5.41, 5.74) is -0.566. The molecule has 0 bridgehead atoms. The third-order valence-electron chi connectivity index (χ3n) is 4.03. The summed E-state index contributed by atoms with van der Waals surface area (Å²) in [4.78, 5) is 48.8. The van der Waals surface area contributed by atoms with Crippen LogP contribution in [0.25, 0.3) is 0 Å². The summed E-state index contributed by atoms with van der Waals surface area (Å²) >= 11 is 0. The van der Waals surface area contributed by atoms with Crippen LogP contribution in [0, 0.1) is 0 Å². The number of ether oxygens (including phenoxy) is 4. The molecule has 0 saturated heterocycles. The van der Waals surface area contributed by atoms with E-state index in [0.717, 1.165) is 5.56 Å². The molecule has 10 heteroatoms. The summed E-state index contributed by atoms with van der Waals surface area (Å²) < 4.78 is 21.0. The van der Waals surface area contributed by atoms with Crippen LogP contribution in [0.5, 0.6) is 0 Å². The van der Waals surface area contributed by atoms with E-state index in [9.17, 15) is 19.2 Å². The molecule has 0 radical (unpaired) electrons. The average molecular weight is 495 g/mol. The Morgan fingerprint density at radius 3 is 2.11 bits per heavy atom. The number of amides is 2. The van der Waals surface area contributed by atoms with E-state index >= 15 is 0 Å². The fourth-order valence-electron chi connectivity index (χ4n) is 2.64. The van der Waals surface area contributed by atoms with Gasteiger partial charge in [0.2, 0.25) is 5.91 Å². The lowest BCUT2D eigenvalue weighted by Crippen LogP contribution is -2.47. The molecule has 0 spiro atoms. The molecule has 1 aromatic rings. The van der Waals surface area contributed by atoms with Gasteiger partial charge in [0.05, 0.1) is 26.1 Å². The number of hydrogen-bond acceptors (Lipinski definition) is 8. The van der Waals surface area contributed by atoms with Crippen molar-refractivity contribution in [2.75, 3.05) is 19.8 Å². The Balaban J connectivity index is 2.50. The van der Waals surface area contributed by atoms with Crippen molar-refractivity contribution in [2.24, 2.45) is 0 Å². The van der Waals surface area contributed by atoms with Crippen LogP contribution < -0.4 is 10.6 Å². The van der Waals surface area contributed by atoms with Crippen molar-refractivity contribution >= 4 is 23.9 Å². The highest BCUT2D eigenvalue weighted by Gasteiger charge is 2.28. The van der Waals surface area contributed by atoms with Gasteiger partial charge >= 0.3 is 18.0 Å². The zero-order valence-electron chi connectivity index (χ0n) is 21.5. The van der Waals surface area contributed by atoms with Crippen LogP contribution in [-0.2, 0) is 39.9 Å². The van der Waals surface area contributed by atoms with Crippen molar-refractivity contribution in [3.8, 4) is 0 Å². The predicted octanol–water partition coefficient (Wildman–Crippen LogP) is 2.88. The van der Waals surface area contributed by atoms with Gasteiger partial charge in [0.1, 0.15) is 23.9 Å². The number of rotatable bonds is 12. The van der Waals surface area contributed by atoms with E-state index in [4.69, 9.17) is 18.9 Å². The molecule has 1 rings (SSSR count). The standard InChI is InChI=1S/C25H38N2O8/c1-24(2,3)34-21(29)12-14-32-15-13-26-20(28)16-19(27-23(31)35-25(4,5)6)22(30)33-17-18-10-8-7-9-11-18/h7-11,19H,12-17H2,1-6H3,(H,26,28)(H,27,31)/t19-/m1/s1. The molecule has 0 heterocycles. The number of benzene rings is 1. The molecule has 0 aliphatic carbocycles. The lowest BCUT2D eigenvalue weighted by Gasteiger charge is -2.23. The molecule has 0 unspecified atom stereocenters. The van der Waals surface area contributed by atoms with Gasteiger partial charge in [-0.05, 0) is 47.1 Å². The fraction of sp³-hybridized carbons (Fsp3) is 0.600. The largest absolute Gasteiger partial charge is 0.460 e. The van der Waals surface area contributed by atoms with Gasteiger partial charge in [-0.1, -0.05) is 30.3 Å². The molecule has 35 heavy (non-hydrogen) atoms. The van der Waals surface area contributed by atoms with Gasteiger partial charge in [-0.3, -0.25) is 9.59 Å². The van der Waals surface area contributed by atoms with Crippen LogP contribution in [0.4, 0.5) is 4.79 Å². The number of esters is 2. The van der Waals surface area contributed by atoms with Crippen LogP contribution in [0.1, 0.15) is 59.9 Å². The van der Waals surface area contributed by atoms with E-state index in [0.29, 0.717) is 0 Å². The minimum Gasteiger partial charge on any atom is -0.460 e. The second kappa shape index (κ2) is 14.3. The third-order valence-corrected chi connectivity index (χ3v) is 4.03. The van der Waals surface area contributed by atoms with E-state index in [1.165, 1.54) is 0 Å². The fourth-order valence-corrected chi connectivity index (χ4v) is 2.64. The monoisotopic (exact) mass is 494 g/mol. The van der Waals surface area contributed by atoms with E-state index in [1.807, 2.05) is 18.2 Å². The zero-order valence-corrected chi connectivity index (χ0v) is 21.5. The normalized spacial score (nSPS) is 12.3. The predicted molar refractivity (Wildman–Crippen MR) is 128 cm³/mol. The van der Waals surface area contributed by atoms with Crippen molar-refractivity contribution < 1.29 is 38.1 Å². The first-order valence-electron chi connectivity index (χ1n) is 11.5. The maximum absolute atomic E-state index is 12.6. The van der Waals surface area contributed by atoms with E-state index in [2.05, 4.69) is 10.6 Å². The van der Waals surface area contributed by atoms with Crippen molar-refractivity contribution in [3.63, 3.8) is 0 Å². The number of hydrogen-bond donors (Lipinski definition) is 2. The Kier molecular flexibility index (Phi) is 12.2. The van der Waals surface area contributed by atoms with Gasteiger partial charge < -0.3 is 29.6 Å². The molecule has 0 aliphatic rings. The molecular weight excluding hydrogens is 456 g/mol. The first-order valence-corrected chi connectivity index (χ1v) is 11.5. The molecule has 2 amide bonds. The third kappa shape index (κ3) is 15.4. The number of nitrogens with one attached hydrogen (secondary N) is 2. The van der Waals surface area contributed by atoms with Gasteiger partial charge in [-0.25, -0.2) is 9.59 Å². The Bertz CT molecular complexity index is 828. The van der Waals surface area contributed by atoms with Crippen molar-refractivity contribution in [3.05, 3.63) is 35.9 Å². The lowest BCUT2D eigenvalue weighted by molar-refractivity contribution is -0.156. The Labute approximate surface area is 207 Å². The molecule has 0 saturated carbocycles. The Hall–Kier alpha value is -3.14. The molecular formula is C25H38N2O8. The minimum absolute atomic E-state index is 0.000715. The van der Waals surface area contributed by atoms with Crippen molar-refractivity contribution in [1.82, 2.24) is 10.6 Å². The summed E-state index contributed by atoms with van der Waals surface area (Å²) in [6, 6.07) is 7.80. The SMILES string of the molecule is CC(C)(C)OC(=O)CCOCCNC(=O)C[C@@H](NC(=O)OC(C)(C)C)C(=O)OCc1ccccc1. The summed E-state index contributed by atoms with van der Waals surface area (Å²) in [6.45, 7) is 10.9. The molecule has 0 aliphatic heterocycles. The zero-order chi connectivity index (χ0) is 26.5. The molecule has 0 aromatic heterocycles. The number of carbonyl (C=O) groups excluding carboxylic acids is 4. The van der Waals surface area contributed by atoms with Crippen LogP contribution in [0.15, 0.2) is 30.3 Å². The summed E-state index contributed by atoms with van der Waals surface area (Å²) in [5, 5.41) is 5.01. The summed E-state index contributed by atoms with van der Waals surface area (Å²) in [7, 11) is 0. The number of carbonyl (C=O) groups is 4. The van der Waals surface area contributed by atoms with Crippen LogP contribution in [0.2, 0.25) is 0 Å². The second-order valence-electron chi connectivity index (χ2n) is 9.80. The van der Waals surface area contributed by atoms with Gasteiger partial charge in [-0.15, -0.1) is 0 Å². The second-order valence-corrected chi connectivity index (χ2v) is 9.80. The van der Waals surface area contributed by atoms with Crippen molar-refractivity contribution in [1.29, 1.82) is 0 Å². The first kappa shape index (κ1) is 29.9. The maximum atomic E-state index is 12.6. The molecule has 10 nitrogen and oxygen atoms in total. The van der Waals surface area contributed by atoms with Crippen LogP contribution in [0.3, 0.4) is 0 Å².